The molecule has 0 saturated carbocycles. The van der Waals surface area contributed by atoms with Crippen molar-refractivity contribution in [2.24, 2.45) is 5.10 Å². The standard InChI is InChI=1S/C27H28Cl2N4O3S/c1-5-7-20-11-19(14-30-33-25(34)16-37-27-31-17(3)10-18(4)32-27)12-24(35-6-2)26(20)36-15-21-8-9-22(28)13-23(21)29/h5,8-14H,1,6-7,15-16H2,2-4H3,(H,33,34)/b30-14-. The molecule has 7 nitrogen and oxygen atoms in total. The van der Waals surface area contributed by atoms with Crippen molar-refractivity contribution in [1.82, 2.24) is 15.4 Å². The fourth-order valence-corrected chi connectivity index (χ4v) is 4.58. The van der Waals surface area contributed by atoms with Crippen LogP contribution in [0.15, 0.2) is 59.3 Å². The van der Waals surface area contributed by atoms with Gasteiger partial charge >= 0.3 is 0 Å². The fraction of sp³-hybridized carbons (Fsp3) is 0.259. The van der Waals surface area contributed by atoms with Gasteiger partial charge in [-0.2, -0.15) is 5.10 Å². The summed E-state index contributed by atoms with van der Waals surface area (Å²) in [7, 11) is 0. The summed E-state index contributed by atoms with van der Waals surface area (Å²) in [5.41, 5.74) is 6.66. The zero-order valence-electron chi connectivity index (χ0n) is 20.9. The molecule has 37 heavy (non-hydrogen) atoms. The number of rotatable bonds is 12. The highest BCUT2D eigenvalue weighted by molar-refractivity contribution is 7.99. The number of thioether (sulfide) groups is 1. The highest BCUT2D eigenvalue weighted by Crippen LogP contribution is 2.35. The summed E-state index contributed by atoms with van der Waals surface area (Å²) in [6.07, 6.45) is 3.89. The normalized spacial score (nSPS) is 10.9. The molecule has 0 unspecified atom stereocenters. The lowest BCUT2D eigenvalue weighted by Gasteiger charge is -2.17. The topological polar surface area (TPSA) is 85.7 Å². The van der Waals surface area contributed by atoms with E-state index in [-0.39, 0.29) is 18.3 Å². The van der Waals surface area contributed by atoms with Crippen LogP contribution in [0.1, 0.15) is 35.0 Å². The molecular weight excluding hydrogens is 531 g/mol. The van der Waals surface area contributed by atoms with Crippen molar-refractivity contribution >= 4 is 47.1 Å². The van der Waals surface area contributed by atoms with Gasteiger partial charge in [0, 0.05) is 32.6 Å². The number of nitrogens with one attached hydrogen (secondary N) is 1. The van der Waals surface area contributed by atoms with Gasteiger partial charge in [-0.1, -0.05) is 47.1 Å². The molecule has 10 heteroatoms. The third kappa shape index (κ3) is 8.77. The molecule has 0 aliphatic heterocycles. The summed E-state index contributed by atoms with van der Waals surface area (Å²) >= 11 is 13.6. The van der Waals surface area contributed by atoms with E-state index in [4.69, 9.17) is 32.7 Å². The van der Waals surface area contributed by atoms with Crippen molar-refractivity contribution in [3.8, 4) is 11.5 Å². The summed E-state index contributed by atoms with van der Waals surface area (Å²) in [6.45, 7) is 10.2. The molecule has 0 spiro atoms. The van der Waals surface area contributed by atoms with Gasteiger partial charge in [-0.25, -0.2) is 15.4 Å². The second-order valence-electron chi connectivity index (χ2n) is 7.97. The number of hydrogen-bond acceptors (Lipinski definition) is 7. The first kappa shape index (κ1) is 28.5. The van der Waals surface area contributed by atoms with E-state index in [1.165, 1.54) is 11.8 Å². The molecule has 3 aromatic rings. The first-order valence-electron chi connectivity index (χ1n) is 11.5. The van der Waals surface area contributed by atoms with Crippen molar-refractivity contribution in [3.63, 3.8) is 0 Å². The number of aryl methyl sites for hydroxylation is 2. The van der Waals surface area contributed by atoms with Crippen LogP contribution in [0.25, 0.3) is 0 Å². The number of hydrazone groups is 1. The van der Waals surface area contributed by atoms with E-state index >= 15 is 0 Å². The molecule has 0 saturated heterocycles. The van der Waals surface area contributed by atoms with E-state index in [1.54, 1.807) is 24.4 Å². The van der Waals surface area contributed by atoms with Gasteiger partial charge in [0.2, 0.25) is 0 Å². The van der Waals surface area contributed by atoms with Crippen LogP contribution >= 0.6 is 35.0 Å². The molecule has 1 aromatic heterocycles. The molecular formula is C27H28Cl2N4O3S. The van der Waals surface area contributed by atoms with E-state index in [1.807, 2.05) is 45.0 Å². The van der Waals surface area contributed by atoms with Crippen molar-refractivity contribution < 1.29 is 14.3 Å². The summed E-state index contributed by atoms with van der Waals surface area (Å²) in [5, 5.41) is 5.75. The quantitative estimate of drug-likeness (QED) is 0.0916. The van der Waals surface area contributed by atoms with Crippen LogP contribution in [0.3, 0.4) is 0 Å². The Morgan fingerprint density at radius 1 is 1.11 bits per heavy atom. The van der Waals surface area contributed by atoms with Crippen LogP contribution in [0.5, 0.6) is 11.5 Å². The van der Waals surface area contributed by atoms with Gasteiger partial charge in [0.05, 0.1) is 18.6 Å². The van der Waals surface area contributed by atoms with Gasteiger partial charge in [0.1, 0.15) is 6.61 Å². The molecule has 1 amide bonds. The van der Waals surface area contributed by atoms with E-state index < -0.39 is 0 Å². The monoisotopic (exact) mass is 558 g/mol. The number of aromatic nitrogens is 2. The van der Waals surface area contributed by atoms with Gasteiger partial charge < -0.3 is 9.47 Å². The van der Waals surface area contributed by atoms with Crippen molar-refractivity contribution in [3.05, 3.63) is 87.2 Å². The first-order valence-corrected chi connectivity index (χ1v) is 13.3. The average Bonchev–Trinajstić information content (AvgIpc) is 2.83. The Hall–Kier alpha value is -3.07. The molecule has 0 bridgehead atoms. The third-order valence-electron chi connectivity index (χ3n) is 4.90. The van der Waals surface area contributed by atoms with Gasteiger partial charge in [0.25, 0.3) is 5.91 Å². The van der Waals surface area contributed by atoms with Crippen LogP contribution < -0.4 is 14.9 Å². The highest BCUT2D eigenvalue weighted by Gasteiger charge is 2.14. The van der Waals surface area contributed by atoms with Crippen molar-refractivity contribution in [1.29, 1.82) is 0 Å². The maximum Gasteiger partial charge on any atom is 0.250 e. The number of allylic oxidation sites excluding steroid dienone is 1. The Kier molecular flexibility index (Phi) is 10.8. The Morgan fingerprint density at radius 3 is 2.54 bits per heavy atom. The Labute approximate surface area is 231 Å². The molecule has 0 aliphatic carbocycles. The third-order valence-corrected chi connectivity index (χ3v) is 6.34. The lowest BCUT2D eigenvalue weighted by Crippen LogP contribution is -2.19. The first-order chi connectivity index (χ1) is 17.8. The maximum absolute atomic E-state index is 12.3. The number of ether oxygens (including phenoxy) is 2. The lowest BCUT2D eigenvalue weighted by molar-refractivity contribution is -0.118. The van der Waals surface area contributed by atoms with Gasteiger partial charge in [-0.05, 0) is 63.1 Å². The maximum atomic E-state index is 12.3. The molecule has 1 heterocycles. The average molecular weight is 560 g/mol. The largest absolute Gasteiger partial charge is 0.490 e. The number of amides is 1. The van der Waals surface area contributed by atoms with E-state index in [0.29, 0.717) is 39.7 Å². The summed E-state index contributed by atoms with van der Waals surface area (Å²) in [4.78, 5) is 20.9. The predicted octanol–water partition coefficient (Wildman–Crippen LogP) is 6.35. The van der Waals surface area contributed by atoms with Gasteiger partial charge in [-0.15, -0.1) is 6.58 Å². The Bertz CT molecular complexity index is 1280. The van der Waals surface area contributed by atoms with Crippen molar-refractivity contribution in [2.45, 2.75) is 39.0 Å². The van der Waals surface area contributed by atoms with E-state index in [0.717, 1.165) is 28.1 Å². The molecule has 0 fully saturated rings. The molecule has 0 radical (unpaired) electrons. The summed E-state index contributed by atoms with van der Waals surface area (Å²) in [6, 6.07) is 10.9. The fourth-order valence-electron chi connectivity index (χ4n) is 3.38. The summed E-state index contributed by atoms with van der Waals surface area (Å²) in [5.74, 6) is 1.04. The molecule has 0 atom stereocenters. The SMILES string of the molecule is C=CCc1cc(/C=N\NC(=O)CSc2nc(C)cc(C)n2)cc(OCC)c1OCc1ccc(Cl)cc1Cl. The zero-order valence-corrected chi connectivity index (χ0v) is 23.2. The minimum Gasteiger partial charge on any atom is -0.490 e. The number of halogens is 2. The van der Waals surface area contributed by atoms with Crippen LogP contribution in [0.2, 0.25) is 10.0 Å². The molecule has 1 N–H and O–H groups in total. The number of hydrogen-bond donors (Lipinski definition) is 1. The minimum atomic E-state index is -0.264. The smallest absolute Gasteiger partial charge is 0.250 e. The van der Waals surface area contributed by atoms with Crippen LogP contribution in [0.4, 0.5) is 0 Å². The second kappa shape index (κ2) is 14.0. The van der Waals surface area contributed by atoms with Crippen LogP contribution in [-0.2, 0) is 17.8 Å². The van der Waals surface area contributed by atoms with Crippen LogP contribution in [-0.4, -0.2) is 34.4 Å². The lowest BCUT2D eigenvalue weighted by atomic mass is 10.1. The molecule has 194 valence electrons. The number of carbonyl (C=O) groups excluding carboxylic acids is 1. The zero-order chi connectivity index (χ0) is 26.8. The Balaban J connectivity index is 1.71. The molecule has 3 rings (SSSR count). The Morgan fingerprint density at radius 2 is 1.86 bits per heavy atom. The second-order valence-corrected chi connectivity index (χ2v) is 9.76. The summed E-state index contributed by atoms with van der Waals surface area (Å²) < 4.78 is 12.0. The van der Waals surface area contributed by atoms with E-state index in [2.05, 4.69) is 27.1 Å². The predicted molar refractivity (Wildman–Crippen MR) is 150 cm³/mol. The molecule has 0 aliphatic rings. The van der Waals surface area contributed by atoms with Gasteiger partial charge in [-0.3, -0.25) is 4.79 Å². The van der Waals surface area contributed by atoms with Crippen LogP contribution in [0, 0.1) is 13.8 Å². The number of benzene rings is 2. The van der Waals surface area contributed by atoms with Crippen molar-refractivity contribution in [2.75, 3.05) is 12.4 Å². The number of carbonyl (C=O) groups is 1. The molecule has 2 aromatic carbocycles. The highest BCUT2D eigenvalue weighted by atomic mass is 35.5. The van der Waals surface area contributed by atoms with E-state index in [9.17, 15) is 4.79 Å². The minimum absolute atomic E-state index is 0.145. The number of nitrogens with zero attached hydrogens (tertiary/aromatic N) is 3. The van der Waals surface area contributed by atoms with Gasteiger partial charge in [0.15, 0.2) is 16.7 Å².